The standard InChI is InChI=1S/C24H27N2O/c1-15-9-10-18-19-8-7-11-25-23(19)27-22(18)21(15)20-12-16(2)17(14-26(20)6)13-24(3,4)5/h7-12,14H,13H2,1-6H3/q+1. The molecule has 0 radical (unpaired) electrons. The highest BCUT2D eigenvalue weighted by Crippen LogP contribution is 2.36. The number of aryl methyl sites for hydroxylation is 3. The molecule has 3 heteroatoms. The normalized spacial score (nSPS) is 12.2. The third-order valence-electron chi connectivity index (χ3n) is 5.19. The lowest BCUT2D eigenvalue weighted by Gasteiger charge is -2.19. The van der Waals surface area contributed by atoms with Crippen LogP contribution in [-0.2, 0) is 13.5 Å². The van der Waals surface area contributed by atoms with Crippen molar-refractivity contribution in [3.63, 3.8) is 0 Å². The number of fused-ring (bicyclic) bond motifs is 3. The van der Waals surface area contributed by atoms with Gasteiger partial charge in [0.05, 0.1) is 5.56 Å². The van der Waals surface area contributed by atoms with E-state index in [1.165, 1.54) is 22.4 Å². The van der Waals surface area contributed by atoms with Gasteiger partial charge in [-0.25, -0.2) is 9.55 Å². The number of rotatable bonds is 2. The first-order chi connectivity index (χ1) is 12.7. The molecule has 0 aliphatic carbocycles. The number of furan rings is 1. The Morgan fingerprint density at radius 3 is 2.56 bits per heavy atom. The van der Waals surface area contributed by atoms with Crippen molar-refractivity contribution in [2.24, 2.45) is 12.5 Å². The van der Waals surface area contributed by atoms with E-state index in [1.54, 1.807) is 6.20 Å². The highest BCUT2D eigenvalue weighted by Gasteiger charge is 2.23. The van der Waals surface area contributed by atoms with Crippen LogP contribution < -0.4 is 4.57 Å². The average molecular weight is 359 g/mol. The Bertz CT molecular complexity index is 1160. The lowest BCUT2D eigenvalue weighted by atomic mass is 9.86. The van der Waals surface area contributed by atoms with E-state index >= 15 is 0 Å². The molecule has 0 bridgehead atoms. The van der Waals surface area contributed by atoms with E-state index in [2.05, 4.69) is 81.7 Å². The van der Waals surface area contributed by atoms with Gasteiger partial charge in [-0.2, -0.15) is 0 Å². The molecule has 0 aliphatic heterocycles. The monoisotopic (exact) mass is 359 g/mol. The molecule has 0 saturated carbocycles. The number of nitrogens with zero attached hydrogens (tertiary/aromatic N) is 2. The van der Waals surface area contributed by atoms with Gasteiger partial charge in [0.15, 0.2) is 11.8 Å². The molecule has 0 fully saturated rings. The Morgan fingerprint density at radius 1 is 1.04 bits per heavy atom. The lowest BCUT2D eigenvalue weighted by Crippen LogP contribution is -2.32. The molecule has 0 N–H and O–H groups in total. The van der Waals surface area contributed by atoms with Gasteiger partial charge in [0, 0.05) is 28.6 Å². The van der Waals surface area contributed by atoms with E-state index in [4.69, 9.17) is 4.42 Å². The number of hydrogen-bond acceptors (Lipinski definition) is 2. The summed E-state index contributed by atoms with van der Waals surface area (Å²) in [5.41, 5.74) is 8.13. The van der Waals surface area contributed by atoms with Crippen LogP contribution in [0, 0.1) is 19.3 Å². The van der Waals surface area contributed by atoms with E-state index < -0.39 is 0 Å². The predicted molar refractivity (Wildman–Crippen MR) is 111 cm³/mol. The first kappa shape index (κ1) is 17.7. The highest BCUT2D eigenvalue weighted by atomic mass is 16.3. The molecule has 3 nitrogen and oxygen atoms in total. The minimum absolute atomic E-state index is 0.264. The quantitative estimate of drug-likeness (QED) is 0.431. The van der Waals surface area contributed by atoms with Crippen LogP contribution in [0.4, 0.5) is 0 Å². The van der Waals surface area contributed by atoms with Gasteiger partial charge in [0.2, 0.25) is 11.4 Å². The Hall–Kier alpha value is -2.68. The first-order valence-electron chi connectivity index (χ1n) is 9.51. The molecule has 0 aliphatic rings. The van der Waals surface area contributed by atoms with Crippen LogP contribution in [0.3, 0.4) is 0 Å². The number of aromatic nitrogens is 2. The van der Waals surface area contributed by atoms with Crippen molar-refractivity contribution in [2.45, 2.75) is 41.0 Å². The van der Waals surface area contributed by atoms with Crippen LogP contribution in [0.25, 0.3) is 33.3 Å². The predicted octanol–water partition coefficient (Wildman–Crippen LogP) is 5.68. The van der Waals surface area contributed by atoms with Crippen LogP contribution in [0.2, 0.25) is 0 Å². The number of hydrogen-bond donors (Lipinski definition) is 0. The zero-order valence-corrected chi connectivity index (χ0v) is 17.1. The van der Waals surface area contributed by atoms with Gasteiger partial charge in [0.25, 0.3) is 0 Å². The number of pyridine rings is 2. The zero-order valence-electron chi connectivity index (χ0n) is 17.1. The fraction of sp³-hybridized carbons (Fsp3) is 0.333. The number of benzene rings is 1. The smallest absolute Gasteiger partial charge is 0.227 e. The van der Waals surface area contributed by atoms with Gasteiger partial charge in [-0.05, 0) is 48.9 Å². The second kappa shape index (κ2) is 6.19. The van der Waals surface area contributed by atoms with E-state index in [-0.39, 0.29) is 5.41 Å². The molecule has 0 spiro atoms. The van der Waals surface area contributed by atoms with Crippen molar-refractivity contribution in [2.75, 3.05) is 0 Å². The van der Waals surface area contributed by atoms with Crippen molar-refractivity contribution in [1.82, 2.24) is 4.98 Å². The molecule has 1 aromatic carbocycles. The molecule has 138 valence electrons. The molecule has 27 heavy (non-hydrogen) atoms. The first-order valence-corrected chi connectivity index (χ1v) is 9.51. The zero-order chi connectivity index (χ0) is 19.3. The molecule has 0 saturated heterocycles. The molecule has 0 unspecified atom stereocenters. The minimum atomic E-state index is 0.264. The van der Waals surface area contributed by atoms with Crippen LogP contribution in [0.1, 0.15) is 37.5 Å². The summed E-state index contributed by atoms with van der Waals surface area (Å²) in [5, 5.41) is 2.19. The molecule has 0 atom stereocenters. The van der Waals surface area contributed by atoms with Crippen LogP contribution in [0.15, 0.2) is 47.1 Å². The molecule has 4 aromatic rings. The van der Waals surface area contributed by atoms with Crippen molar-refractivity contribution in [3.05, 3.63) is 59.4 Å². The van der Waals surface area contributed by atoms with Gasteiger partial charge in [-0.1, -0.05) is 32.9 Å². The molecular weight excluding hydrogens is 332 g/mol. The Labute approximate surface area is 160 Å². The van der Waals surface area contributed by atoms with Gasteiger partial charge in [-0.3, -0.25) is 0 Å². The summed E-state index contributed by atoms with van der Waals surface area (Å²) in [7, 11) is 2.13. The van der Waals surface area contributed by atoms with Crippen molar-refractivity contribution in [1.29, 1.82) is 0 Å². The van der Waals surface area contributed by atoms with Gasteiger partial charge in [-0.15, -0.1) is 0 Å². The maximum absolute atomic E-state index is 6.20. The van der Waals surface area contributed by atoms with Gasteiger partial charge in [0.1, 0.15) is 7.05 Å². The van der Waals surface area contributed by atoms with E-state index in [9.17, 15) is 0 Å². The van der Waals surface area contributed by atoms with E-state index in [1.807, 2.05) is 6.07 Å². The Morgan fingerprint density at radius 2 is 1.81 bits per heavy atom. The minimum Gasteiger partial charge on any atom is -0.437 e. The molecular formula is C24H27N2O+. The third-order valence-corrected chi connectivity index (χ3v) is 5.19. The largest absolute Gasteiger partial charge is 0.437 e. The Kier molecular flexibility index (Phi) is 4.06. The summed E-state index contributed by atoms with van der Waals surface area (Å²) >= 11 is 0. The summed E-state index contributed by atoms with van der Waals surface area (Å²) in [6, 6.07) is 10.7. The summed E-state index contributed by atoms with van der Waals surface area (Å²) in [5.74, 6) is 0. The maximum Gasteiger partial charge on any atom is 0.227 e. The van der Waals surface area contributed by atoms with Gasteiger partial charge >= 0.3 is 0 Å². The van der Waals surface area contributed by atoms with Crippen LogP contribution in [0.5, 0.6) is 0 Å². The molecule has 0 amide bonds. The Balaban J connectivity index is 1.97. The van der Waals surface area contributed by atoms with Crippen molar-refractivity contribution >= 4 is 22.1 Å². The highest BCUT2D eigenvalue weighted by molar-refractivity contribution is 6.08. The van der Waals surface area contributed by atoms with Crippen LogP contribution >= 0.6 is 0 Å². The fourth-order valence-electron chi connectivity index (χ4n) is 3.90. The van der Waals surface area contributed by atoms with Gasteiger partial charge < -0.3 is 4.42 Å². The molecule has 3 heterocycles. The van der Waals surface area contributed by atoms with Crippen molar-refractivity contribution < 1.29 is 8.98 Å². The summed E-state index contributed by atoms with van der Waals surface area (Å²) in [4.78, 5) is 4.40. The SMILES string of the molecule is Cc1cc(-c2c(C)ccc3c2oc2ncccc23)[n+](C)cc1CC(C)(C)C. The topological polar surface area (TPSA) is 29.9 Å². The lowest BCUT2D eigenvalue weighted by molar-refractivity contribution is -0.660. The van der Waals surface area contributed by atoms with Crippen LogP contribution in [-0.4, -0.2) is 4.98 Å². The molecule has 4 rings (SSSR count). The van der Waals surface area contributed by atoms with E-state index in [0.717, 1.165) is 28.3 Å². The van der Waals surface area contributed by atoms with Crippen molar-refractivity contribution in [3.8, 4) is 11.3 Å². The summed E-state index contributed by atoms with van der Waals surface area (Å²) in [6.07, 6.45) is 5.11. The second-order valence-corrected chi connectivity index (χ2v) is 8.81. The summed E-state index contributed by atoms with van der Waals surface area (Å²) < 4.78 is 8.43. The average Bonchev–Trinajstić information content (AvgIpc) is 2.95. The maximum atomic E-state index is 6.20. The van der Waals surface area contributed by atoms with E-state index in [0.29, 0.717) is 5.71 Å². The molecule has 3 aromatic heterocycles. The fourth-order valence-corrected chi connectivity index (χ4v) is 3.90. The summed E-state index contributed by atoms with van der Waals surface area (Å²) in [6.45, 7) is 11.2. The third kappa shape index (κ3) is 3.12. The second-order valence-electron chi connectivity index (χ2n) is 8.81.